The number of aromatic nitrogens is 4. The van der Waals surface area contributed by atoms with Crippen molar-refractivity contribution in [3.05, 3.63) is 71.4 Å². The monoisotopic (exact) mass is 544 g/mol. The first kappa shape index (κ1) is 26.8. The average molecular weight is 545 g/mol. The van der Waals surface area contributed by atoms with E-state index in [4.69, 9.17) is 16.6 Å². The lowest BCUT2D eigenvalue weighted by Crippen LogP contribution is -2.44. The molecular weight excluding hydrogens is 512 g/mol. The highest BCUT2D eigenvalue weighted by molar-refractivity contribution is 6.31. The summed E-state index contributed by atoms with van der Waals surface area (Å²) in [6, 6.07) is 13.9. The number of aromatic amines is 1. The molecule has 0 radical (unpaired) electrons. The third-order valence-corrected chi connectivity index (χ3v) is 6.88. The predicted molar refractivity (Wildman–Crippen MR) is 158 cm³/mol. The van der Waals surface area contributed by atoms with Gasteiger partial charge in [-0.3, -0.25) is 9.89 Å². The molecule has 39 heavy (non-hydrogen) atoms. The van der Waals surface area contributed by atoms with Crippen molar-refractivity contribution in [2.24, 2.45) is 0 Å². The summed E-state index contributed by atoms with van der Waals surface area (Å²) < 4.78 is 0. The number of carbonyl (C=O) groups is 1. The number of piperazine rings is 1. The van der Waals surface area contributed by atoms with Crippen molar-refractivity contribution < 1.29 is 4.79 Å². The van der Waals surface area contributed by atoms with Crippen LogP contribution >= 0.6 is 11.6 Å². The van der Waals surface area contributed by atoms with Gasteiger partial charge in [0.2, 0.25) is 5.95 Å². The van der Waals surface area contributed by atoms with E-state index in [0.717, 1.165) is 48.4 Å². The van der Waals surface area contributed by atoms with E-state index in [1.807, 2.05) is 55.4 Å². The third kappa shape index (κ3) is 6.81. The van der Waals surface area contributed by atoms with Crippen molar-refractivity contribution in [2.45, 2.75) is 6.42 Å². The molecular formula is C29H33ClN8O. The van der Waals surface area contributed by atoms with Crippen molar-refractivity contribution in [1.29, 1.82) is 0 Å². The third-order valence-electron chi connectivity index (χ3n) is 6.66. The smallest absolute Gasteiger partial charge is 0.229 e. The van der Waals surface area contributed by atoms with Gasteiger partial charge in [0.25, 0.3) is 0 Å². The summed E-state index contributed by atoms with van der Waals surface area (Å²) in [5.74, 6) is 0.463. The number of hydrogen-bond donors (Lipinski definition) is 2. The Morgan fingerprint density at radius 2 is 1.95 bits per heavy atom. The lowest BCUT2D eigenvalue weighted by atomic mass is 10.0. The van der Waals surface area contributed by atoms with Gasteiger partial charge in [0.05, 0.1) is 17.3 Å². The lowest BCUT2D eigenvalue weighted by Gasteiger charge is -2.34. The summed E-state index contributed by atoms with van der Waals surface area (Å²) in [5, 5.41) is 11.8. The van der Waals surface area contributed by atoms with Gasteiger partial charge in [0.15, 0.2) is 11.4 Å². The van der Waals surface area contributed by atoms with Gasteiger partial charge >= 0.3 is 0 Å². The fourth-order valence-electron chi connectivity index (χ4n) is 4.63. The largest absolute Gasteiger partial charge is 0.369 e. The van der Waals surface area contributed by atoms with Crippen LogP contribution in [-0.4, -0.2) is 89.6 Å². The van der Waals surface area contributed by atoms with Gasteiger partial charge in [-0.1, -0.05) is 23.7 Å². The zero-order valence-electron chi connectivity index (χ0n) is 22.5. The number of halogens is 1. The van der Waals surface area contributed by atoms with Gasteiger partial charge in [-0.15, -0.1) is 0 Å². The van der Waals surface area contributed by atoms with Gasteiger partial charge in [-0.2, -0.15) is 10.1 Å². The molecule has 3 heterocycles. The maximum atomic E-state index is 12.5. The quantitative estimate of drug-likeness (QED) is 0.300. The van der Waals surface area contributed by atoms with Gasteiger partial charge in [-0.05, 0) is 69.2 Å². The molecule has 0 saturated carbocycles. The Balaban J connectivity index is 1.41. The van der Waals surface area contributed by atoms with Gasteiger partial charge in [0, 0.05) is 61.1 Å². The van der Waals surface area contributed by atoms with Crippen LogP contribution < -0.4 is 10.2 Å². The van der Waals surface area contributed by atoms with E-state index in [1.54, 1.807) is 12.3 Å². The second kappa shape index (κ2) is 11.9. The SMILES string of the molecule is CN(C)C/C=C/C(=O)Cc1cc(Cl)cc(-c2nc(Nc3cccc(N4CCN(C)CC4)c3)nc3[nH]ncc23)c1. The Kier molecular flexibility index (Phi) is 8.21. The summed E-state index contributed by atoms with van der Waals surface area (Å²) in [7, 11) is 6.08. The second-order valence-corrected chi connectivity index (χ2v) is 10.6. The van der Waals surface area contributed by atoms with Crippen LogP contribution in [0.25, 0.3) is 22.3 Å². The van der Waals surface area contributed by atoms with E-state index in [9.17, 15) is 4.79 Å². The molecule has 5 rings (SSSR count). The summed E-state index contributed by atoms with van der Waals surface area (Å²) in [6.07, 6.45) is 5.45. The minimum absolute atomic E-state index is 0.0174. The first-order valence-electron chi connectivity index (χ1n) is 13.0. The van der Waals surface area contributed by atoms with Crippen molar-refractivity contribution in [2.75, 3.05) is 64.1 Å². The van der Waals surface area contributed by atoms with Gasteiger partial charge < -0.3 is 20.0 Å². The van der Waals surface area contributed by atoms with Gasteiger partial charge in [-0.25, -0.2) is 4.98 Å². The fraction of sp³-hybridized carbons (Fsp3) is 0.310. The number of carbonyl (C=O) groups excluding carboxylic acids is 1. The van der Waals surface area contributed by atoms with Crippen LogP contribution in [0.4, 0.5) is 17.3 Å². The van der Waals surface area contributed by atoms with E-state index in [2.05, 4.69) is 49.5 Å². The number of nitrogens with one attached hydrogen (secondary N) is 2. The number of anilines is 3. The second-order valence-electron chi connectivity index (χ2n) is 10.1. The van der Waals surface area contributed by atoms with Crippen molar-refractivity contribution >= 4 is 45.7 Å². The first-order valence-corrected chi connectivity index (χ1v) is 13.4. The summed E-state index contributed by atoms with van der Waals surface area (Å²) in [6.45, 7) is 4.78. The molecule has 0 unspecified atom stereocenters. The summed E-state index contributed by atoms with van der Waals surface area (Å²) in [5.41, 5.74) is 4.98. The summed E-state index contributed by atoms with van der Waals surface area (Å²) >= 11 is 6.50. The Bertz CT molecular complexity index is 1490. The van der Waals surface area contributed by atoms with Crippen LogP contribution in [0.3, 0.4) is 0 Å². The molecule has 1 fully saturated rings. The molecule has 202 valence electrons. The van der Waals surface area contributed by atoms with E-state index in [0.29, 0.717) is 28.9 Å². The molecule has 9 nitrogen and oxygen atoms in total. The molecule has 1 aliphatic rings. The Morgan fingerprint density at radius 3 is 2.74 bits per heavy atom. The Hall–Kier alpha value is -3.79. The molecule has 2 aromatic carbocycles. The topological polar surface area (TPSA) is 93.3 Å². The van der Waals surface area contributed by atoms with Crippen LogP contribution in [0.15, 0.2) is 60.8 Å². The van der Waals surface area contributed by atoms with E-state index >= 15 is 0 Å². The minimum atomic E-state index is 0.0174. The molecule has 0 bridgehead atoms. The highest BCUT2D eigenvalue weighted by Crippen LogP contribution is 2.31. The highest BCUT2D eigenvalue weighted by atomic mass is 35.5. The van der Waals surface area contributed by atoms with Crippen LogP contribution in [0.5, 0.6) is 0 Å². The van der Waals surface area contributed by atoms with E-state index < -0.39 is 0 Å². The zero-order chi connectivity index (χ0) is 27.4. The molecule has 2 N–H and O–H groups in total. The minimum Gasteiger partial charge on any atom is -0.369 e. The summed E-state index contributed by atoms with van der Waals surface area (Å²) in [4.78, 5) is 28.8. The number of likely N-dealkylation sites (N-methyl/N-ethyl adjacent to an activating group) is 2. The number of allylic oxidation sites excluding steroid dienone is 1. The molecule has 0 spiro atoms. The maximum absolute atomic E-state index is 12.5. The maximum Gasteiger partial charge on any atom is 0.229 e. The normalized spacial score (nSPS) is 14.5. The highest BCUT2D eigenvalue weighted by Gasteiger charge is 2.16. The zero-order valence-corrected chi connectivity index (χ0v) is 23.2. The lowest BCUT2D eigenvalue weighted by molar-refractivity contribution is -0.114. The molecule has 10 heteroatoms. The van der Waals surface area contributed by atoms with Crippen LogP contribution in [-0.2, 0) is 11.2 Å². The molecule has 1 aliphatic heterocycles. The molecule has 0 amide bonds. The molecule has 2 aromatic heterocycles. The van der Waals surface area contributed by atoms with Crippen LogP contribution in [0, 0.1) is 0 Å². The van der Waals surface area contributed by atoms with Crippen molar-refractivity contribution in [3.63, 3.8) is 0 Å². The van der Waals surface area contributed by atoms with Gasteiger partial charge in [0.1, 0.15) is 0 Å². The molecule has 4 aromatic rings. The van der Waals surface area contributed by atoms with E-state index in [-0.39, 0.29) is 12.2 Å². The van der Waals surface area contributed by atoms with E-state index in [1.165, 1.54) is 5.69 Å². The Morgan fingerprint density at radius 1 is 1.13 bits per heavy atom. The molecule has 0 atom stereocenters. The van der Waals surface area contributed by atoms with Crippen LogP contribution in [0.1, 0.15) is 5.56 Å². The standard InChI is InChI=1S/C29H33ClN8O/c1-36(2)9-5-8-25(39)16-20-14-21(17-22(30)15-20)27-26-19-31-35-28(26)34-29(33-27)32-23-6-4-7-24(18-23)38-12-10-37(3)11-13-38/h4-8,14-15,17-19H,9-13,16H2,1-3H3,(H2,31,32,33,34,35)/b8-5+. The van der Waals surface area contributed by atoms with Crippen LogP contribution in [0.2, 0.25) is 5.02 Å². The molecule has 0 aliphatic carbocycles. The predicted octanol–water partition coefficient (Wildman–Crippen LogP) is 4.40. The average Bonchev–Trinajstić information content (AvgIpc) is 3.37. The fourth-order valence-corrected chi connectivity index (χ4v) is 4.89. The number of H-pyrrole nitrogens is 1. The van der Waals surface area contributed by atoms with Crippen molar-refractivity contribution in [1.82, 2.24) is 30.0 Å². The number of nitrogens with zero attached hydrogens (tertiary/aromatic N) is 6. The Labute approximate surface area is 233 Å². The first-order chi connectivity index (χ1) is 18.8. The number of benzene rings is 2. The van der Waals surface area contributed by atoms with Crippen molar-refractivity contribution in [3.8, 4) is 11.3 Å². The molecule has 1 saturated heterocycles. The number of ketones is 1. The number of hydrogen-bond acceptors (Lipinski definition) is 8. The number of fused-ring (bicyclic) bond motifs is 1. The number of rotatable bonds is 9.